The summed E-state index contributed by atoms with van der Waals surface area (Å²) >= 11 is 1.22. The van der Waals surface area contributed by atoms with Crippen molar-refractivity contribution in [3.05, 3.63) is 32.9 Å². The Hall–Kier alpha value is -1.42. The summed E-state index contributed by atoms with van der Waals surface area (Å²) in [6.07, 6.45) is 1.61. The molecular formula is C18H29N3O4SSi. The van der Waals surface area contributed by atoms with Gasteiger partial charge in [0.15, 0.2) is 8.32 Å². The zero-order chi connectivity index (χ0) is 20.0. The lowest BCUT2D eigenvalue weighted by molar-refractivity contribution is -0.118. The van der Waals surface area contributed by atoms with Crippen LogP contribution in [-0.4, -0.2) is 48.6 Å². The minimum atomic E-state index is -1.86. The van der Waals surface area contributed by atoms with Gasteiger partial charge in [-0.05, 0) is 18.1 Å². The molecule has 27 heavy (non-hydrogen) atoms. The Morgan fingerprint density at radius 1 is 1.33 bits per heavy atom. The van der Waals surface area contributed by atoms with Crippen molar-refractivity contribution < 1.29 is 14.1 Å². The molecule has 1 unspecified atom stereocenters. The summed E-state index contributed by atoms with van der Waals surface area (Å²) in [7, 11) is -1.86. The maximum atomic E-state index is 12.6. The van der Waals surface area contributed by atoms with E-state index in [4.69, 9.17) is 9.26 Å². The van der Waals surface area contributed by atoms with E-state index in [2.05, 4.69) is 40.4 Å². The molecule has 0 radical (unpaired) electrons. The molecule has 9 heteroatoms. The van der Waals surface area contributed by atoms with Crippen molar-refractivity contribution in [2.24, 2.45) is 0 Å². The highest BCUT2D eigenvalue weighted by atomic mass is 32.1. The van der Waals surface area contributed by atoms with Crippen LogP contribution < -0.4 is 4.87 Å². The first kappa shape index (κ1) is 20.3. The molecular weight excluding hydrogens is 382 g/mol. The number of carbonyl (C=O) groups excluding carboxylic acids is 1. The Morgan fingerprint density at radius 2 is 2.04 bits per heavy atom. The Labute approximate surface area is 165 Å². The van der Waals surface area contributed by atoms with Crippen LogP contribution in [0.1, 0.15) is 37.4 Å². The molecule has 0 spiro atoms. The molecule has 1 fully saturated rings. The van der Waals surface area contributed by atoms with Gasteiger partial charge < -0.3 is 9.33 Å². The predicted octanol–water partition coefficient (Wildman–Crippen LogP) is 3.34. The highest BCUT2D eigenvalue weighted by Crippen LogP contribution is 2.40. The first-order chi connectivity index (χ1) is 12.6. The zero-order valence-corrected chi connectivity index (χ0v) is 18.6. The molecule has 1 aromatic heterocycles. The van der Waals surface area contributed by atoms with Crippen LogP contribution in [-0.2, 0) is 22.4 Å². The first-order valence-corrected chi connectivity index (χ1v) is 13.0. The van der Waals surface area contributed by atoms with Gasteiger partial charge in [-0.3, -0.25) is 14.2 Å². The fourth-order valence-corrected chi connectivity index (χ4v) is 5.26. The van der Waals surface area contributed by atoms with Crippen molar-refractivity contribution in [1.82, 2.24) is 14.5 Å². The monoisotopic (exact) mass is 411 g/mol. The number of carbonyl (C=O) groups is 1. The van der Waals surface area contributed by atoms with Crippen LogP contribution in [0, 0.1) is 0 Å². The number of amides is 2. The van der Waals surface area contributed by atoms with E-state index in [9.17, 15) is 9.59 Å². The number of hydroxylamine groups is 2. The van der Waals surface area contributed by atoms with Crippen molar-refractivity contribution >= 4 is 25.7 Å². The molecule has 2 amide bonds. The number of aromatic nitrogens is 1. The van der Waals surface area contributed by atoms with E-state index in [1.165, 1.54) is 16.4 Å². The maximum absolute atomic E-state index is 12.6. The number of fused-ring (bicyclic) bond motifs is 4. The molecule has 2 aliphatic rings. The Bertz CT molecular complexity index is 796. The molecule has 1 aromatic rings. The summed E-state index contributed by atoms with van der Waals surface area (Å²) in [4.78, 5) is 33.3. The number of urea groups is 1. The van der Waals surface area contributed by atoms with Crippen molar-refractivity contribution in [2.75, 3.05) is 19.8 Å². The molecule has 7 nitrogen and oxygen atoms in total. The van der Waals surface area contributed by atoms with Crippen LogP contribution in [0.2, 0.25) is 18.1 Å². The summed E-state index contributed by atoms with van der Waals surface area (Å²) in [5, 5.41) is 1.52. The van der Waals surface area contributed by atoms with E-state index in [1.807, 2.05) is 0 Å². The van der Waals surface area contributed by atoms with Gasteiger partial charge >= 0.3 is 10.9 Å². The Kier molecular flexibility index (Phi) is 5.41. The van der Waals surface area contributed by atoms with Crippen molar-refractivity contribution in [2.45, 2.75) is 58.0 Å². The quantitative estimate of drug-likeness (QED) is 0.510. The molecule has 1 saturated heterocycles. The van der Waals surface area contributed by atoms with E-state index in [0.717, 1.165) is 10.6 Å². The standard InChI is InChI=1S/C18H29N3O4SSi/c1-7-9-24-21-14-12-19(16(21)22)11-13-15(14)26-17(23)20(13)8-10-25-27(5,6)18(2,3)4/h7,14H,1,8-12H2,2-6H3. The van der Waals surface area contributed by atoms with Gasteiger partial charge in [-0.2, -0.15) is 5.06 Å². The van der Waals surface area contributed by atoms with Crippen LogP contribution in [0.3, 0.4) is 0 Å². The van der Waals surface area contributed by atoms with Gasteiger partial charge in [-0.25, -0.2) is 4.79 Å². The van der Waals surface area contributed by atoms with Gasteiger partial charge in [0.25, 0.3) is 0 Å². The van der Waals surface area contributed by atoms with Crippen LogP contribution in [0.5, 0.6) is 0 Å². The van der Waals surface area contributed by atoms with Crippen LogP contribution in [0.25, 0.3) is 0 Å². The third-order valence-corrected chi connectivity index (χ3v) is 11.4. The van der Waals surface area contributed by atoms with Gasteiger partial charge in [0, 0.05) is 6.54 Å². The van der Waals surface area contributed by atoms with Crippen LogP contribution in [0.4, 0.5) is 4.79 Å². The summed E-state index contributed by atoms with van der Waals surface area (Å²) in [6, 6.07) is -0.372. The van der Waals surface area contributed by atoms with Crippen molar-refractivity contribution in [3.63, 3.8) is 0 Å². The second kappa shape index (κ2) is 7.19. The molecule has 1 atom stereocenters. The second-order valence-electron chi connectivity index (χ2n) is 8.53. The number of thiazole rings is 1. The van der Waals surface area contributed by atoms with Gasteiger partial charge in [0.1, 0.15) is 6.04 Å². The van der Waals surface area contributed by atoms with Crippen molar-refractivity contribution in [3.8, 4) is 0 Å². The van der Waals surface area contributed by atoms with Gasteiger partial charge in [0.2, 0.25) is 0 Å². The molecule has 3 rings (SSSR count). The molecule has 3 heterocycles. The average molecular weight is 412 g/mol. The molecule has 2 bridgehead atoms. The van der Waals surface area contributed by atoms with E-state index >= 15 is 0 Å². The van der Waals surface area contributed by atoms with E-state index in [-0.39, 0.29) is 28.6 Å². The molecule has 0 aliphatic carbocycles. The topological polar surface area (TPSA) is 64.0 Å². The number of rotatable bonds is 7. The lowest BCUT2D eigenvalue weighted by atomic mass is 10.1. The summed E-state index contributed by atoms with van der Waals surface area (Å²) in [5.74, 6) is 0. The molecule has 2 aliphatic heterocycles. The zero-order valence-electron chi connectivity index (χ0n) is 16.8. The Morgan fingerprint density at radius 3 is 2.67 bits per heavy atom. The average Bonchev–Trinajstić information content (AvgIpc) is 3.02. The second-order valence-corrected chi connectivity index (χ2v) is 14.3. The SMILES string of the molecule is C=CCON1C(=O)N2Cc3c(sc(=O)n3CCO[Si](C)(C)C(C)(C)C)C1C2. The minimum absolute atomic E-state index is 0.00343. The minimum Gasteiger partial charge on any atom is -0.415 e. The lowest BCUT2D eigenvalue weighted by Gasteiger charge is -2.36. The van der Waals surface area contributed by atoms with Crippen LogP contribution >= 0.6 is 11.3 Å². The van der Waals surface area contributed by atoms with E-state index in [1.54, 1.807) is 15.5 Å². The van der Waals surface area contributed by atoms with Gasteiger partial charge in [-0.15, -0.1) is 6.58 Å². The summed E-state index contributed by atoms with van der Waals surface area (Å²) < 4.78 is 8.01. The highest BCUT2D eigenvalue weighted by Gasteiger charge is 2.46. The Balaban J connectivity index is 1.77. The lowest BCUT2D eigenvalue weighted by Crippen LogP contribution is -2.42. The molecule has 0 saturated carbocycles. The van der Waals surface area contributed by atoms with Gasteiger partial charge in [0.05, 0.1) is 36.9 Å². The number of hydrogen-bond donors (Lipinski definition) is 0. The van der Waals surface area contributed by atoms with Gasteiger partial charge in [-0.1, -0.05) is 38.2 Å². The molecule has 0 aromatic carbocycles. The smallest absolute Gasteiger partial charge is 0.345 e. The highest BCUT2D eigenvalue weighted by molar-refractivity contribution is 7.09. The normalized spacial score (nSPS) is 19.6. The number of nitrogens with zero attached hydrogens (tertiary/aromatic N) is 3. The fourth-order valence-electron chi connectivity index (χ4n) is 3.12. The molecule has 150 valence electrons. The number of hydrogen-bond acceptors (Lipinski definition) is 5. The van der Waals surface area contributed by atoms with Crippen molar-refractivity contribution in [1.29, 1.82) is 0 Å². The predicted molar refractivity (Wildman–Crippen MR) is 108 cm³/mol. The largest absolute Gasteiger partial charge is 0.415 e. The first-order valence-electron chi connectivity index (χ1n) is 9.25. The summed E-state index contributed by atoms with van der Waals surface area (Å²) in [5.41, 5.74) is 0.915. The van der Waals surface area contributed by atoms with E-state index in [0.29, 0.717) is 26.2 Å². The van der Waals surface area contributed by atoms with Crippen LogP contribution in [0.15, 0.2) is 17.4 Å². The fraction of sp³-hybridized carbons (Fsp3) is 0.667. The molecule has 0 N–H and O–H groups in total. The maximum Gasteiger partial charge on any atom is 0.345 e. The summed E-state index contributed by atoms with van der Waals surface area (Å²) in [6.45, 7) is 16.9. The van der Waals surface area contributed by atoms with E-state index < -0.39 is 8.32 Å². The third-order valence-electron chi connectivity index (χ3n) is 5.72. The third kappa shape index (κ3) is 3.65.